The van der Waals surface area contributed by atoms with E-state index in [-0.39, 0.29) is 5.91 Å². The number of carbonyl (C=O) groups excluding carboxylic acids is 1. The van der Waals surface area contributed by atoms with Crippen molar-refractivity contribution in [1.82, 2.24) is 10.3 Å². The number of H-pyrrole nitrogens is 1. The number of aromatic amines is 1. The van der Waals surface area contributed by atoms with Crippen LogP contribution in [-0.2, 0) is 6.42 Å². The molecule has 0 radical (unpaired) electrons. The van der Waals surface area contributed by atoms with E-state index in [1.54, 1.807) is 24.4 Å². The van der Waals surface area contributed by atoms with Gasteiger partial charge in [0.05, 0.1) is 0 Å². The summed E-state index contributed by atoms with van der Waals surface area (Å²) in [6, 6.07) is 7.07. The van der Waals surface area contributed by atoms with E-state index in [1.165, 1.54) is 0 Å². The number of hydrogen-bond acceptors (Lipinski definition) is 1. The van der Waals surface area contributed by atoms with Gasteiger partial charge in [-0.3, -0.25) is 4.79 Å². The van der Waals surface area contributed by atoms with Crippen LogP contribution in [0.1, 0.15) is 16.1 Å². The molecule has 0 aliphatic rings. The second-order valence-corrected chi connectivity index (χ2v) is 5.73. The standard InChI is InChI=1S/C13H11BrCl2N2O/c14-9-5-12(18-7-9)13(19)17-4-3-8-1-2-10(15)6-11(8)16/h1-2,5-7,18H,3-4H2,(H,17,19). The minimum atomic E-state index is -0.143. The first-order chi connectivity index (χ1) is 9.06. The highest BCUT2D eigenvalue weighted by molar-refractivity contribution is 9.10. The van der Waals surface area contributed by atoms with Gasteiger partial charge in [-0.1, -0.05) is 29.3 Å². The molecule has 1 aromatic carbocycles. The number of amides is 1. The Morgan fingerprint density at radius 3 is 2.74 bits per heavy atom. The minimum Gasteiger partial charge on any atom is -0.356 e. The van der Waals surface area contributed by atoms with Crippen LogP contribution >= 0.6 is 39.1 Å². The predicted molar refractivity (Wildman–Crippen MR) is 81.0 cm³/mol. The smallest absolute Gasteiger partial charge is 0.267 e. The Morgan fingerprint density at radius 2 is 2.11 bits per heavy atom. The van der Waals surface area contributed by atoms with Crippen molar-refractivity contribution < 1.29 is 4.79 Å². The van der Waals surface area contributed by atoms with E-state index in [0.717, 1.165) is 10.0 Å². The maximum absolute atomic E-state index is 11.8. The molecule has 6 heteroatoms. The lowest BCUT2D eigenvalue weighted by Gasteiger charge is -2.06. The van der Waals surface area contributed by atoms with E-state index in [2.05, 4.69) is 26.2 Å². The predicted octanol–water partition coefficient (Wildman–Crippen LogP) is 4.06. The zero-order valence-corrected chi connectivity index (χ0v) is 12.9. The van der Waals surface area contributed by atoms with Gasteiger partial charge in [-0.15, -0.1) is 0 Å². The average molecular weight is 362 g/mol. The van der Waals surface area contributed by atoms with Crippen molar-refractivity contribution in [2.24, 2.45) is 0 Å². The summed E-state index contributed by atoms with van der Waals surface area (Å²) < 4.78 is 0.846. The van der Waals surface area contributed by atoms with E-state index in [9.17, 15) is 4.79 Å². The van der Waals surface area contributed by atoms with Crippen LogP contribution in [0, 0.1) is 0 Å². The van der Waals surface area contributed by atoms with Crippen molar-refractivity contribution in [3.63, 3.8) is 0 Å². The number of halogens is 3. The molecule has 1 aromatic heterocycles. The Balaban J connectivity index is 1.88. The van der Waals surface area contributed by atoms with Crippen LogP contribution in [0.5, 0.6) is 0 Å². The summed E-state index contributed by atoms with van der Waals surface area (Å²) in [4.78, 5) is 14.6. The highest BCUT2D eigenvalue weighted by Gasteiger charge is 2.07. The van der Waals surface area contributed by atoms with E-state index < -0.39 is 0 Å². The summed E-state index contributed by atoms with van der Waals surface area (Å²) in [5.41, 5.74) is 1.48. The van der Waals surface area contributed by atoms with Crippen molar-refractivity contribution in [2.75, 3.05) is 6.54 Å². The first kappa shape index (κ1) is 14.4. The van der Waals surface area contributed by atoms with Crippen LogP contribution in [0.25, 0.3) is 0 Å². The molecule has 100 valence electrons. The lowest BCUT2D eigenvalue weighted by molar-refractivity contribution is 0.0950. The lowest BCUT2D eigenvalue weighted by atomic mass is 10.1. The van der Waals surface area contributed by atoms with Crippen molar-refractivity contribution in [3.05, 3.63) is 56.2 Å². The molecule has 3 nitrogen and oxygen atoms in total. The highest BCUT2D eigenvalue weighted by atomic mass is 79.9. The summed E-state index contributed by atoms with van der Waals surface area (Å²) in [6.45, 7) is 0.511. The largest absolute Gasteiger partial charge is 0.356 e. The van der Waals surface area contributed by atoms with Crippen molar-refractivity contribution in [3.8, 4) is 0 Å². The Labute approximate surface area is 129 Å². The molecule has 0 saturated carbocycles. The summed E-state index contributed by atoms with van der Waals surface area (Å²) in [6.07, 6.45) is 2.37. The zero-order chi connectivity index (χ0) is 13.8. The van der Waals surface area contributed by atoms with Crippen LogP contribution in [0.4, 0.5) is 0 Å². The molecule has 0 aliphatic carbocycles. The van der Waals surface area contributed by atoms with Gasteiger partial charge in [0.1, 0.15) is 5.69 Å². The normalized spacial score (nSPS) is 10.5. The van der Waals surface area contributed by atoms with E-state index in [0.29, 0.717) is 28.7 Å². The van der Waals surface area contributed by atoms with E-state index in [4.69, 9.17) is 23.2 Å². The fraction of sp³-hybridized carbons (Fsp3) is 0.154. The molecule has 1 heterocycles. The average Bonchev–Trinajstić information content (AvgIpc) is 2.78. The number of carbonyl (C=O) groups is 1. The van der Waals surface area contributed by atoms with Gasteiger partial charge < -0.3 is 10.3 Å². The molecule has 2 rings (SSSR count). The van der Waals surface area contributed by atoms with Crippen molar-refractivity contribution in [1.29, 1.82) is 0 Å². The molecule has 0 spiro atoms. The fourth-order valence-electron chi connectivity index (χ4n) is 1.63. The minimum absolute atomic E-state index is 0.143. The first-order valence-electron chi connectivity index (χ1n) is 5.62. The van der Waals surface area contributed by atoms with Gasteiger partial charge in [0.15, 0.2) is 0 Å². The highest BCUT2D eigenvalue weighted by Crippen LogP contribution is 2.21. The second-order valence-electron chi connectivity index (χ2n) is 3.97. The van der Waals surface area contributed by atoms with Crippen molar-refractivity contribution >= 4 is 45.0 Å². The van der Waals surface area contributed by atoms with Gasteiger partial charge >= 0.3 is 0 Å². The van der Waals surface area contributed by atoms with E-state index in [1.807, 2.05) is 6.07 Å². The topological polar surface area (TPSA) is 44.9 Å². The third-order valence-electron chi connectivity index (χ3n) is 2.59. The quantitative estimate of drug-likeness (QED) is 0.847. The Kier molecular flexibility index (Phi) is 4.91. The van der Waals surface area contributed by atoms with Gasteiger partial charge in [0.2, 0.25) is 0 Å². The summed E-state index contributed by atoms with van der Waals surface area (Å²) >= 11 is 15.2. The summed E-state index contributed by atoms with van der Waals surface area (Å²) in [7, 11) is 0. The van der Waals surface area contributed by atoms with Gasteiger partial charge in [-0.2, -0.15) is 0 Å². The molecule has 0 saturated heterocycles. The van der Waals surface area contributed by atoms with Crippen molar-refractivity contribution in [2.45, 2.75) is 6.42 Å². The maximum Gasteiger partial charge on any atom is 0.267 e. The van der Waals surface area contributed by atoms with Crippen LogP contribution < -0.4 is 5.32 Å². The van der Waals surface area contributed by atoms with Gasteiger partial charge in [0.25, 0.3) is 5.91 Å². The molecule has 0 atom stereocenters. The molecular formula is C13H11BrCl2N2O. The molecule has 2 aromatic rings. The van der Waals surface area contributed by atoms with Crippen LogP contribution in [0.15, 0.2) is 34.9 Å². The molecule has 0 aliphatic heterocycles. The third-order valence-corrected chi connectivity index (χ3v) is 3.63. The molecule has 19 heavy (non-hydrogen) atoms. The maximum atomic E-state index is 11.8. The first-order valence-corrected chi connectivity index (χ1v) is 7.17. The van der Waals surface area contributed by atoms with Crippen LogP contribution in [0.3, 0.4) is 0 Å². The molecule has 0 fully saturated rings. The molecule has 0 bridgehead atoms. The monoisotopic (exact) mass is 360 g/mol. The molecule has 1 amide bonds. The van der Waals surface area contributed by atoms with Gasteiger partial charge in [-0.25, -0.2) is 0 Å². The third kappa shape index (κ3) is 4.00. The number of aromatic nitrogens is 1. The number of nitrogens with one attached hydrogen (secondary N) is 2. The van der Waals surface area contributed by atoms with Gasteiger partial charge in [0, 0.05) is 27.3 Å². The zero-order valence-electron chi connectivity index (χ0n) is 9.84. The lowest BCUT2D eigenvalue weighted by Crippen LogP contribution is -2.25. The molecular weight excluding hydrogens is 351 g/mol. The summed E-state index contributed by atoms with van der Waals surface area (Å²) in [5, 5.41) is 4.04. The number of rotatable bonds is 4. The second kappa shape index (κ2) is 6.46. The van der Waals surface area contributed by atoms with E-state index >= 15 is 0 Å². The summed E-state index contributed by atoms with van der Waals surface area (Å²) in [5.74, 6) is -0.143. The molecule has 2 N–H and O–H groups in total. The Bertz CT molecular complexity index is 598. The van der Waals surface area contributed by atoms with Gasteiger partial charge in [-0.05, 0) is 46.1 Å². The molecule has 0 unspecified atom stereocenters. The Hall–Kier alpha value is -0.970. The number of hydrogen-bond donors (Lipinski definition) is 2. The number of benzene rings is 1. The van der Waals surface area contributed by atoms with Crippen LogP contribution in [-0.4, -0.2) is 17.4 Å². The van der Waals surface area contributed by atoms with Crippen LogP contribution in [0.2, 0.25) is 10.0 Å². The Morgan fingerprint density at radius 1 is 1.32 bits per heavy atom. The SMILES string of the molecule is O=C(NCCc1ccc(Cl)cc1Cl)c1cc(Br)c[nH]1. The fourth-order valence-corrected chi connectivity index (χ4v) is 2.48.